The maximum absolute atomic E-state index is 6.10. The highest BCUT2D eigenvalue weighted by Gasteiger charge is 2.52. The lowest BCUT2D eigenvalue weighted by molar-refractivity contribution is -0.0332. The van der Waals surface area contributed by atoms with Gasteiger partial charge in [0.15, 0.2) is 0 Å². The molecule has 1 aliphatic heterocycles. The van der Waals surface area contributed by atoms with Gasteiger partial charge in [-0.15, -0.1) is 0 Å². The normalized spacial score (nSPS) is 21.8. The zero-order chi connectivity index (χ0) is 15.0. The van der Waals surface area contributed by atoms with Gasteiger partial charge in [0.25, 0.3) is 0 Å². The Morgan fingerprint density at radius 1 is 1.05 bits per heavy atom. The fourth-order valence-electron chi connectivity index (χ4n) is 2.18. The Kier molecular flexibility index (Phi) is 8.24. The van der Waals surface area contributed by atoms with E-state index in [4.69, 9.17) is 22.8 Å². The summed E-state index contributed by atoms with van der Waals surface area (Å²) in [6.07, 6.45) is 1.23. The largest absolute Gasteiger partial charge is 0.531 e. The molecular formula is C14H30O5Si. The summed E-state index contributed by atoms with van der Waals surface area (Å²) in [6, 6.07) is 0. The van der Waals surface area contributed by atoms with E-state index in [0.717, 1.165) is 13.0 Å². The van der Waals surface area contributed by atoms with Crippen molar-refractivity contribution in [1.29, 1.82) is 0 Å². The topological polar surface area (TPSA) is 49.5 Å². The van der Waals surface area contributed by atoms with Crippen LogP contribution in [0.4, 0.5) is 0 Å². The van der Waals surface area contributed by atoms with Gasteiger partial charge in [-0.2, -0.15) is 0 Å². The summed E-state index contributed by atoms with van der Waals surface area (Å²) < 4.78 is 29.3. The van der Waals surface area contributed by atoms with Crippen LogP contribution >= 0.6 is 0 Å². The van der Waals surface area contributed by atoms with Crippen LogP contribution in [0.25, 0.3) is 0 Å². The van der Waals surface area contributed by atoms with E-state index in [1.807, 2.05) is 20.8 Å². The molecule has 1 aliphatic rings. The van der Waals surface area contributed by atoms with Gasteiger partial charge in [-0.05, 0) is 26.7 Å². The Hall–Kier alpha value is 0.0169. The molecule has 1 rings (SSSR count). The number of hydrogen-bond donors (Lipinski definition) is 0. The molecule has 5 nitrogen and oxygen atoms in total. The van der Waals surface area contributed by atoms with Gasteiger partial charge in [0, 0.05) is 19.8 Å². The predicted octanol–water partition coefficient (Wildman–Crippen LogP) is 2.40. The average molecular weight is 306 g/mol. The van der Waals surface area contributed by atoms with E-state index in [9.17, 15) is 0 Å². The van der Waals surface area contributed by atoms with Gasteiger partial charge < -0.3 is 22.8 Å². The van der Waals surface area contributed by atoms with Crippen LogP contribution in [0.5, 0.6) is 0 Å². The summed E-state index contributed by atoms with van der Waals surface area (Å²) in [6.45, 7) is 13.3. The molecule has 0 saturated carbocycles. The minimum atomic E-state index is -2.83. The first-order valence-electron chi connectivity index (χ1n) is 7.78. The Bertz CT molecular complexity index is 243. The van der Waals surface area contributed by atoms with Crippen molar-refractivity contribution in [3.63, 3.8) is 0 Å². The predicted molar refractivity (Wildman–Crippen MR) is 79.6 cm³/mol. The van der Waals surface area contributed by atoms with Gasteiger partial charge in [-0.1, -0.05) is 20.3 Å². The maximum Gasteiger partial charge on any atom is 0.531 e. The third kappa shape index (κ3) is 5.09. The quantitative estimate of drug-likeness (QED) is 0.409. The highest BCUT2D eigenvalue weighted by Crippen LogP contribution is 2.27. The van der Waals surface area contributed by atoms with Gasteiger partial charge in [-0.25, -0.2) is 0 Å². The van der Waals surface area contributed by atoms with Crippen molar-refractivity contribution in [2.75, 3.05) is 33.0 Å². The van der Waals surface area contributed by atoms with Gasteiger partial charge in [0.1, 0.15) is 11.8 Å². The van der Waals surface area contributed by atoms with E-state index in [0.29, 0.717) is 32.3 Å². The standard InChI is InChI=1S/C14H30O5Si/c1-6-12(5)14(16-11-13-10-15-13)20(17-7-2,18-8-3)19-9-4/h12-14H,6-11H2,1-5H3. The summed E-state index contributed by atoms with van der Waals surface area (Å²) in [7, 11) is -2.83. The van der Waals surface area contributed by atoms with Crippen molar-refractivity contribution >= 4 is 8.80 Å². The third-order valence-corrected chi connectivity index (χ3v) is 6.92. The van der Waals surface area contributed by atoms with Gasteiger partial charge in [0.2, 0.25) is 0 Å². The molecule has 0 aromatic carbocycles. The molecule has 0 aromatic heterocycles. The average Bonchev–Trinajstić information content (AvgIpc) is 3.23. The monoisotopic (exact) mass is 306 g/mol. The number of hydrogen-bond acceptors (Lipinski definition) is 5. The molecule has 1 saturated heterocycles. The Morgan fingerprint density at radius 3 is 1.90 bits per heavy atom. The first-order chi connectivity index (χ1) is 9.63. The van der Waals surface area contributed by atoms with Gasteiger partial charge >= 0.3 is 8.80 Å². The third-order valence-electron chi connectivity index (χ3n) is 3.41. The van der Waals surface area contributed by atoms with Crippen LogP contribution in [0.15, 0.2) is 0 Å². The lowest BCUT2D eigenvalue weighted by atomic mass is 10.1. The van der Waals surface area contributed by atoms with Crippen molar-refractivity contribution in [1.82, 2.24) is 0 Å². The fraction of sp³-hybridized carbons (Fsp3) is 1.00. The van der Waals surface area contributed by atoms with Gasteiger partial charge in [0.05, 0.1) is 13.2 Å². The molecule has 0 amide bonds. The van der Waals surface area contributed by atoms with Crippen LogP contribution < -0.4 is 0 Å². The Labute approximate surface area is 124 Å². The lowest BCUT2D eigenvalue weighted by Gasteiger charge is -2.37. The molecular weight excluding hydrogens is 276 g/mol. The highest BCUT2D eigenvalue weighted by atomic mass is 28.4. The second-order valence-electron chi connectivity index (χ2n) is 5.00. The van der Waals surface area contributed by atoms with E-state index >= 15 is 0 Å². The molecule has 0 bridgehead atoms. The van der Waals surface area contributed by atoms with Crippen molar-refractivity contribution in [3.05, 3.63) is 0 Å². The zero-order valence-corrected chi connectivity index (χ0v) is 14.5. The first-order valence-corrected chi connectivity index (χ1v) is 9.58. The second-order valence-corrected chi connectivity index (χ2v) is 7.64. The van der Waals surface area contributed by atoms with E-state index in [1.165, 1.54) is 0 Å². The van der Waals surface area contributed by atoms with Crippen molar-refractivity contribution in [2.45, 2.75) is 52.9 Å². The van der Waals surface area contributed by atoms with E-state index in [1.54, 1.807) is 0 Å². The number of epoxide rings is 1. The van der Waals surface area contributed by atoms with Crippen LogP contribution in [0, 0.1) is 5.92 Å². The molecule has 1 heterocycles. The SMILES string of the molecule is CCO[Si](OCC)(OCC)C(OCC1CO1)C(C)CC. The van der Waals surface area contributed by atoms with Crippen LogP contribution in [-0.4, -0.2) is 53.7 Å². The van der Waals surface area contributed by atoms with Crippen molar-refractivity contribution < 1.29 is 22.8 Å². The minimum absolute atomic E-state index is 0.128. The highest BCUT2D eigenvalue weighted by molar-refractivity contribution is 6.62. The Morgan fingerprint density at radius 2 is 1.55 bits per heavy atom. The molecule has 0 N–H and O–H groups in total. The molecule has 0 radical (unpaired) electrons. The number of rotatable bonds is 12. The van der Waals surface area contributed by atoms with Crippen LogP contribution in [0.3, 0.4) is 0 Å². The summed E-state index contributed by atoms with van der Waals surface area (Å²) in [4.78, 5) is 0. The molecule has 120 valence electrons. The molecule has 0 aromatic rings. The summed E-state index contributed by atoms with van der Waals surface area (Å²) in [5, 5.41) is 0. The molecule has 3 atom stereocenters. The zero-order valence-electron chi connectivity index (χ0n) is 13.5. The van der Waals surface area contributed by atoms with Crippen LogP contribution in [0.2, 0.25) is 0 Å². The molecule has 0 aliphatic carbocycles. The number of ether oxygens (including phenoxy) is 2. The molecule has 0 spiro atoms. The van der Waals surface area contributed by atoms with E-state index in [2.05, 4.69) is 13.8 Å². The van der Waals surface area contributed by atoms with Crippen LogP contribution in [0.1, 0.15) is 41.0 Å². The summed E-state index contributed by atoms with van der Waals surface area (Å²) in [5.74, 6) is 0.324. The fourth-order valence-corrected chi connectivity index (χ4v) is 5.36. The van der Waals surface area contributed by atoms with E-state index < -0.39 is 8.80 Å². The maximum atomic E-state index is 6.10. The van der Waals surface area contributed by atoms with Crippen molar-refractivity contribution in [2.24, 2.45) is 5.92 Å². The van der Waals surface area contributed by atoms with Crippen LogP contribution in [-0.2, 0) is 22.8 Å². The smallest absolute Gasteiger partial charge is 0.372 e. The minimum Gasteiger partial charge on any atom is -0.372 e. The molecule has 6 heteroatoms. The lowest BCUT2D eigenvalue weighted by Crippen LogP contribution is -2.60. The van der Waals surface area contributed by atoms with E-state index in [-0.39, 0.29) is 11.8 Å². The molecule has 1 fully saturated rings. The molecule has 20 heavy (non-hydrogen) atoms. The summed E-state index contributed by atoms with van der Waals surface area (Å²) >= 11 is 0. The van der Waals surface area contributed by atoms with Crippen molar-refractivity contribution in [3.8, 4) is 0 Å². The first kappa shape index (κ1) is 18.1. The Balaban J connectivity index is 2.84. The summed E-state index contributed by atoms with van der Waals surface area (Å²) in [5.41, 5.74) is -0.128. The van der Waals surface area contributed by atoms with Gasteiger partial charge in [-0.3, -0.25) is 0 Å². The molecule has 3 unspecified atom stereocenters. The second kappa shape index (κ2) is 9.12.